The molecule has 0 aromatic rings. The lowest BCUT2D eigenvalue weighted by Crippen LogP contribution is -2.50. The highest BCUT2D eigenvalue weighted by molar-refractivity contribution is 5.82. The highest BCUT2D eigenvalue weighted by atomic mass is 16.5. The summed E-state index contributed by atoms with van der Waals surface area (Å²) in [6.07, 6.45) is 1.26. The molecule has 2 saturated heterocycles. The number of hydrogen-bond acceptors (Lipinski definition) is 4. The first kappa shape index (κ1) is 14.3. The van der Waals surface area contributed by atoms with Gasteiger partial charge in [-0.15, -0.1) is 0 Å². The summed E-state index contributed by atoms with van der Waals surface area (Å²) in [5.41, 5.74) is 0. The van der Waals surface area contributed by atoms with Crippen molar-refractivity contribution in [3.63, 3.8) is 0 Å². The van der Waals surface area contributed by atoms with Gasteiger partial charge in [-0.05, 0) is 26.7 Å². The van der Waals surface area contributed by atoms with Crippen LogP contribution in [0.4, 0.5) is 0 Å². The van der Waals surface area contributed by atoms with E-state index in [0.29, 0.717) is 19.6 Å². The van der Waals surface area contributed by atoms with Crippen molar-refractivity contribution in [1.82, 2.24) is 4.90 Å². The number of aliphatic carboxylic acids is 1. The molecule has 0 radical (unpaired) electrons. The molecular weight excluding hydrogens is 250 g/mol. The lowest BCUT2D eigenvalue weighted by atomic mass is 10.0. The van der Waals surface area contributed by atoms with Crippen LogP contribution < -0.4 is 0 Å². The van der Waals surface area contributed by atoms with Gasteiger partial charge in [0.25, 0.3) is 5.91 Å². The van der Waals surface area contributed by atoms with E-state index in [1.54, 1.807) is 4.90 Å². The fourth-order valence-electron chi connectivity index (χ4n) is 2.81. The van der Waals surface area contributed by atoms with Crippen molar-refractivity contribution in [2.24, 2.45) is 5.92 Å². The van der Waals surface area contributed by atoms with Gasteiger partial charge in [0.15, 0.2) is 0 Å². The van der Waals surface area contributed by atoms with E-state index >= 15 is 0 Å². The summed E-state index contributed by atoms with van der Waals surface area (Å²) in [6, 6.07) is -0.380. The minimum Gasteiger partial charge on any atom is -0.481 e. The van der Waals surface area contributed by atoms with E-state index < -0.39 is 18.0 Å². The smallest absolute Gasteiger partial charge is 0.311 e. The number of likely N-dealkylation sites (N-methyl/N-ethyl adjacent to an activating group) is 1. The van der Waals surface area contributed by atoms with E-state index in [-0.39, 0.29) is 24.7 Å². The molecule has 6 nitrogen and oxygen atoms in total. The number of nitrogens with zero attached hydrogens (tertiary/aromatic N) is 1. The molecule has 2 fully saturated rings. The summed E-state index contributed by atoms with van der Waals surface area (Å²) in [6.45, 7) is 4.74. The van der Waals surface area contributed by atoms with Crippen LogP contribution in [0.3, 0.4) is 0 Å². The quantitative estimate of drug-likeness (QED) is 0.806. The Labute approximate surface area is 112 Å². The first-order valence-electron chi connectivity index (χ1n) is 6.81. The largest absolute Gasteiger partial charge is 0.481 e. The Kier molecular flexibility index (Phi) is 4.42. The summed E-state index contributed by atoms with van der Waals surface area (Å²) in [5, 5.41) is 9.17. The van der Waals surface area contributed by atoms with Crippen molar-refractivity contribution in [2.45, 2.75) is 44.9 Å². The minimum atomic E-state index is -0.908. The molecule has 2 rings (SSSR count). The topological polar surface area (TPSA) is 76.1 Å². The third-order valence-corrected chi connectivity index (χ3v) is 3.90. The van der Waals surface area contributed by atoms with Crippen LogP contribution in [-0.4, -0.2) is 59.9 Å². The standard InChI is InChI=1S/C13H21NO5/c1-3-14(10-7-18-6-9(10)13(16)17)12(15)11-5-4-8(2)19-11/h8-11H,3-7H2,1-2H3,(H,16,17). The van der Waals surface area contributed by atoms with Crippen LogP contribution in [0.1, 0.15) is 26.7 Å². The molecule has 1 amide bonds. The predicted octanol–water partition coefficient (Wildman–Crippen LogP) is 0.502. The Morgan fingerprint density at radius 2 is 2.05 bits per heavy atom. The number of amides is 1. The number of carbonyl (C=O) groups excluding carboxylic acids is 1. The molecule has 2 aliphatic heterocycles. The average Bonchev–Trinajstić information content (AvgIpc) is 2.98. The van der Waals surface area contributed by atoms with E-state index in [4.69, 9.17) is 14.6 Å². The second-order valence-electron chi connectivity index (χ2n) is 5.19. The van der Waals surface area contributed by atoms with Crippen molar-refractivity contribution in [3.05, 3.63) is 0 Å². The highest BCUT2D eigenvalue weighted by Gasteiger charge is 2.42. The number of ether oxygens (including phenoxy) is 2. The van der Waals surface area contributed by atoms with Gasteiger partial charge in [0.1, 0.15) is 12.0 Å². The van der Waals surface area contributed by atoms with Gasteiger partial charge in [0.2, 0.25) is 0 Å². The molecule has 19 heavy (non-hydrogen) atoms. The van der Waals surface area contributed by atoms with Crippen molar-refractivity contribution >= 4 is 11.9 Å². The Balaban J connectivity index is 2.06. The average molecular weight is 271 g/mol. The Morgan fingerprint density at radius 3 is 2.58 bits per heavy atom. The van der Waals surface area contributed by atoms with E-state index in [2.05, 4.69) is 0 Å². The van der Waals surface area contributed by atoms with Crippen LogP contribution in [-0.2, 0) is 19.1 Å². The zero-order valence-electron chi connectivity index (χ0n) is 11.4. The van der Waals surface area contributed by atoms with Gasteiger partial charge < -0.3 is 19.5 Å². The molecule has 108 valence electrons. The molecule has 1 N–H and O–H groups in total. The fraction of sp³-hybridized carbons (Fsp3) is 0.846. The van der Waals surface area contributed by atoms with Gasteiger partial charge in [0.05, 0.1) is 25.4 Å². The maximum Gasteiger partial charge on any atom is 0.311 e. The molecular formula is C13H21NO5. The predicted molar refractivity (Wildman–Crippen MR) is 66.7 cm³/mol. The SMILES string of the molecule is CCN(C(=O)C1CCC(C)O1)C1COCC1C(=O)O. The molecule has 0 aromatic heterocycles. The monoisotopic (exact) mass is 271 g/mol. The highest BCUT2D eigenvalue weighted by Crippen LogP contribution is 2.25. The van der Waals surface area contributed by atoms with Crippen LogP contribution in [0.25, 0.3) is 0 Å². The van der Waals surface area contributed by atoms with Gasteiger partial charge in [0, 0.05) is 6.54 Å². The van der Waals surface area contributed by atoms with Crippen LogP contribution in [0.2, 0.25) is 0 Å². The first-order chi connectivity index (χ1) is 9.04. The zero-order chi connectivity index (χ0) is 14.0. The second kappa shape index (κ2) is 5.88. The minimum absolute atomic E-state index is 0.0998. The molecule has 2 aliphatic rings. The summed E-state index contributed by atoms with van der Waals surface area (Å²) in [5.74, 6) is -1.65. The third-order valence-electron chi connectivity index (χ3n) is 3.90. The van der Waals surface area contributed by atoms with Gasteiger partial charge in [-0.2, -0.15) is 0 Å². The number of rotatable bonds is 4. The summed E-state index contributed by atoms with van der Waals surface area (Å²) >= 11 is 0. The van der Waals surface area contributed by atoms with Gasteiger partial charge >= 0.3 is 5.97 Å². The fourth-order valence-corrected chi connectivity index (χ4v) is 2.81. The second-order valence-corrected chi connectivity index (χ2v) is 5.19. The van der Waals surface area contributed by atoms with E-state index in [1.807, 2.05) is 13.8 Å². The van der Waals surface area contributed by atoms with Crippen molar-refractivity contribution in [1.29, 1.82) is 0 Å². The Hall–Kier alpha value is -1.14. The molecule has 0 aliphatic carbocycles. The number of hydrogen-bond donors (Lipinski definition) is 1. The molecule has 0 spiro atoms. The van der Waals surface area contributed by atoms with Crippen LogP contribution in [0.5, 0.6) is 0 Å². The maximum absolute atomic E-state index is 12.4. The summed E-state index contributed by atoms with van der Waals surface area (Å²) < 4.78 is 10.8. The van der Waals surface area contributed by atoms with Gasteiger partial charge in [-0.25, -0.2) is 0 Å². The van der Waals surface area contributed by atoms with E-state index in [0.717, 1.165) is 6.42 Å². The van der Waals surface area contributed by atoms with Gasteiger partial charge in [-0.1, -0.05) is 0 Å². The normalized spacial score (nSPS) is 34.4. The summed E-state index contributed by atoms with van der Waals surface area (Å²) in [4.78, 5) is 25.2. The van der Waals surface area contributed by atoms with Crippen molar-refractivity contribution < 1.29 is 24.2 Å². The molecule has 0 saturated carbocycles. The van der Waals surface area contributed by atoms with Crippen LogP contribution >= 0.6 is 0 Å². The van der Waals surface area contributed by atoms with Gasteiger partial charge in [-0.3, -0.25) is 9.59 Å². The molecule has 4 atom stereocenters. The number of carbonyl (C=O) groups is 2. The zero-order valence-corrected chi connectivity index (χ0v) is 11.4. The number of carboxylic acid groups (broad SMARTS) is 1. The molecule has 0 aromatic carbocycles. The van der Waals surface area contributed by atoms with E-state index in [1.165, 1.54) is 0 Å². The lowest BCUT2D eigenvalue weighted by molar-refractivity contribution is -0.149. The molecule has 4 unspecified atom stereocenters. The molecule has 6 heteroatoms. The third kappa shape index (κ3) is 2.90. The molecule has 0 bridgehead atoms. The molecule has 2 heterocycles. The van der Waals surface area contributed by atoms with Crippen molar-refractivity contribution in [2.75, 3.05) is 19.8 Å². The Bertz CT molecular complexity index is 359. The van der Waals surface area contributed by atoms with Crippen LogP contribution in [0, 0.1) is 5.92 Å². The lowest BCUT2D eigenvalue weighted by Gasteiger charge is -2.31. The number of carboxylic acids is 1. The maximum atomic E-state index is 12.4. The van der Waals surface area contributed by atoms with Crippen molar-refractivity contribution in [3.8, 4) is 0 Å². The van der Waals surface area contributed by atoms with E-state index in [9.17, 15) is 9.59 Å². The summed E-state index contributed by atoms with van der Waals surface area (Å²) in [7, 11) is 0. The first-order valence-corrected chi connectivity index (χ1v) is 6.81. The Morgan fingerprint density at radius 1 is 1.32 bits per heavy atom. The van der Waals surface area contributed by atoms with Crippen LogP contribution in [0.15, 0.2) is 0 Å².